The first kappa shape index (κ1) is 25.9. The predicted molar refractivity (Wildman–Crippen MR) is 138 cm³/mol. The molecule has 0 saturated carbocycles. The van der Waals surface area contributed by atoms with Gasteiger partial charge < -0.3 is 25.2 Å². The van der Waals surface area contributed by atoms with Crippen LogP contribution in [0.3, 0.4) is 0 Å². The van der Waals surface area contributed by atoms with Crippen molar-refractivity contribution < 1.29 is 18.7 Å². The number of nitrogens with zero attached hydrogens (tertiary/aromatic N) is 2. The molecule has 0 spiro atoms. The molecule has 194 valence electrons. The fraction of sp³-hybridized carbons (Fsp3) is 0.500. The summed E-state index contributed by atoms with van der Waals surface area (Å²) in [5.41, 5.74) is 2.17. The van der Waals surface area contributed by atoms with E-state index in [0.717, 1.165) is 24.8 Å². The quantitative estimate of drug-likeness (QED) is 0.597. The minimum Gasteiger partial charge on any atom is -0.372 e. The van der Waals surface area contributed by atoms with Crippen LogP contribution in [0.4, 0.5) is 14.9 Å². The van der Waals surface area contributed by atoms with Crippen LogP contribution in [-0.4, -0.2) is 55.2 Å². The molecule has 2 N–H and O–H groups in total. The van der Waals surface area contributed by atoms with E-state index in [-0.39, 0.29) is 42.6 Å². The molecule has 2 heterocycles. The Labute approximate surface area is 213 Å². The zero-order valence-electron chi connectivity index (χ0n) is 21.2. The summed E-state index contributed by atoms with van der Waals surface area (Å²) in [7, 11) is 0. The third kappa shape index (κ3) is 6.97. The van der Waals surface area contributed by atoms with Gasteiger partial charge in [0.2, 0.25) is 5.91 Å². The Morgan fingerprint density at radius 1 is 1.08 bits per heavy atom. The van der Waals surface area contributed by atoms with Crippen molar-refractivity contribution in [3.8, 4) is 0 Å². The number of anilines is 1. The van der Waals surface area contributed by atoms with Gasteiger partial charge in [-0.3, -0.25) is 4.79 Å². The number of hydrogen-bond acceptors (Lipinski definition) is 4. The van der Waals surface area contributed by atoms with E-state index in [1.165, 1.54) is 6.07 Å². The number of hydrogen-bond donors (Lipinski definition) is 2. The van der Waals surface area contributed by atoms with Crippen molar-refractivity contribution in [3.05, 3.63) is 65.5 Å². The molecule has 2 aromatic rings. The summed E-state index contributed by atoms with van der Waals surface area (Å²) in [6.07, 6.45) is 3.57. The molecule has 3 unspecified atom stereocenters. The molecule has 3 atom stereocenters. The standard InChI is InChI=1S/C28H37FN4O3/c1-20-17-33(18-21(2)36-20)26-13-12-22(15-24(26)29)16-30-28(35)31-25(23-9-5-3-6-10-23)19-32-14-8-4-7-11-27(32)34/h3,5-6,9-10,12-13,15,20-21,25H,4,7-8,11,14,16-19H2,1-2H3,(H2,30,31,35). The van der Waals surface area contributed by atoms with E-state index in [1.54, 1.807) is 6.07 Å². The van der Waals surface area contributed by atoms with Crippen LogP contribution >= 0.6 is 0 Å². The number of carbonyl (C=O) groups is 2. The topological polar surface area (TPSA) is 73.9 Å². The number of urea groups is 1. The van der Waals surface area contributed by atoms with E-state index >= 15 is 0 Å². The first-order valence-electron chi connectivity index (χ1n) is 12.9. The number of benzene rings is 2. The predicted octanol–water partition coefficient (Wildman–Crippen LogP) is 4.38. The Balaban J connectivity index is 1.37. The van der Waals surface area contributed by atoms with Crippen molar-refractivity contribution in [2.75, 3.05) is 31.1 Å². The van der Waals surface area contributed by atoms with Gasteiger partial charge in [0.1, 0.15) is 5.82 Å². The maximum atomic E-state index is 14.9. The Hall–Kier alpha value is -3.13. The van der Waals surface area contributed by atoms with Gasteiger partial charge in [-0.2, -0.15) is 0 Å². The third-order valence-electron chi connectivity index (χ3n) is 6.81. The minimum absolute atomic E-state index is 0.0420. The largest absolute Gasteiger partial charge is 0.372 e. The second kappa shape index (κ2) is 12.2. The molecule has 2 aliphatic rings. The molecule has 7 nitrogen and oxygen atoms in total. The zero-order valence-corrected chi connectivity index (χ0v) is 21.2. The number of likely N-dealkylation sites (tertiary alicyclic amines) is 1. The van der Waals surface area contributed by atoms with Gasteiger partial charge in [0.25, 0.3) is 0 Å². The van der Waals surface area contributed by atoms with E-state index < -0.39 is 0 Å². The zero-order chi connectivity index (χ0) is 25.5. The van der Waals surface area contributed by atoms with Gasteiger partial charge in [-0.15, -0.1) is 0 Å². The maximum Gasteiger partial charge on any atom is 0.315 e. The first-order valence-corrected chi connectivity index (χ1v) is 12.9. The number of nitrogens with one attached hydrogen (secondary N) is 2. The average Bonchev–Trinajstić information content (AvgIpc) is 3.06. The van der Waals surface area contributed by atoms with Crippen molar-refractivity contribution in [1.29, 1.82) is 0 Å². The van der Waals surface area contributed by atoms with Gasteiger partial charge in [0.15, 0.2) is 0 Å². The van der Waals surface area contributed by atoms with Crippen LogP contribution in [0.1, 0.15) is 56.7 Å². The van der Waals surface area contributed by atoms with Gasteiger partial charge in [0.05, 0.1) is 23.9 Å². The van der Waals surface area contributed by atoms with Crippen LogP contribution in [0.2, 0.25) is 0 Å². The number of ether oxygens (including phenoxy) is 1. The summed E-state index contributed by atoms with van der Waals surface area (Å²) in [5, 5.41) is 5.87. The summed E-state index contributed by atoms with van der Waals surface area (Å²) < 4.78 is 20.7. The van der Waals surface area contributed by atoms with Crippen molar-refractivity contribution in [3.63, 3.8) is 0 Å². The highest BCUT2D eigenvalue weighted by atomic mass is 19.1. The van der Waals surface area contributed by atoms with E-state index in [2.05, 4.69) is 10.6 Å². The van der Waals surface area contributed by atoms with Crippen LogP contribution in [-0.2, 0) is 16.1 Å². The monoisotopic (exact) mass is 496 g/mol. The second-order valence-electron chi connectivity index (χ2n) is 9.89. The Morgan fingerprint density at radius 2 is 1.83 bits per heavy atom. The molecule has 4 rings (SSSR count). The van der Waals surface area contributed by atoms with Crippen molar-refractivity contribution >= 4 is 17.6 Å². The molecule has 3 amide bonds. The number of rotatable bonds is 7. The van der Waals surface area contributed by atoms with Gasteiger partial charge in [-0.25, -0.2) is 9.18 Å². The number of halogens is 1. The van der Waals surface area contributed by atoms with Crippen LogP contribution in [0, 0.1) is 5.82 Å². The molecule has 2 fully saturated rings. The molecule has 8 heteroatoms. The second-order valence-corrected chi connectivity index (χ2v) is 9.89. The lowest BCUT2D eigenvalue weighted by Gasteiger charge is -2.37. The molecular formula is C28H37FN4O3. The molecule has 2 saturated heterocycles. The lowest BCUT2D eigenvalue weighted by molar-refractivity contribution is -0.131. The molecule has 2 aliphatic heterocycles. The third-order valence-corrected chi connectivity index (χ3v) is 6.81. The lowest BCUT2D eigenvalue weighted by atomic mass is 10.1. The van der Waals surface area contributed by atoms with Crippen LogP contribution in [0.15, 0.2) is 48.5 Å². The minimum atomic E-state index is -0.355. The molecule has 2 aromatic carbocycles. The normalized spacial score (nSPS) is 21.6. The summed E-state index contributed by atoms with van der Waals surface area (Å²) in [6.45, 7) is 6.59. The smallest absolute Gasteiger partial charge is 0.315 e. The van der Waals surface area contributed by atoms with Crippen LogP contribution in [0.25, 0.3) is 0 Å². The van der Waals surface area contributed by atoms with Gasteiger partial charge in [-0.1, -0.05) is 42.8 Å². The fourth-order valence-corrected chi connectivity index (χ4v) is 5.05. The van der Waals surface area contributed by atoms with Crippen LogP contribution in [0.5, 0.6) is 0 Å². The summed E-state index contributed by atoms with van der Waals surface area (Å²) >= 11 is 0. The molecule has 0 aliphatic carbocycles. The van der Waals surface area contributed by atoms with Gasteiger partial charge in [-0.05, 0) is 49.9 Å². The van der Waals surface area contributed by atoms with Gasteiger partial charge >= 0.3 is 6.03 Å². The number of carbonyl (C=O) groups excluding carboxylic acids is 2. The van der Waals surface area contributed by atoms with Crippen LogP contribution < -0.4 is 15.5 Å². The van der Waals surface area contributed by atoms with Crippen molar-refractivity contribution in [1.82, 2.24) is 15.5 Å². The molecule has 0 bridgehead atoms. The SMILES string of the molecule is CC1CN(c2ccc(CNC(=O)NC(CN3CCCCCC3=O)c3ccccc3)cc2F)CC(C)O1. The fourth-order valence-electron chi connectivity index (χ4n) is 5.05. The van der Waals surface area contributed by atoms with E-state index in [4.69, 9.17) is 4.74 Å². The highest BCUT2D eigenvalue weighted by molar-refractivity contribution is 5.77. The van der Waals surface area contributed by atoms with Gasteiger partial charge in [0, 0.05) is 39.1 Å². The Bertz CT molecular complexity index is 1020. The summed E-state index contributed by atoms with van der Waals surface area (Å²) in [5.74, 6) is -0.173. The highest BCUT2D eigenvalue weighted by Gasteiger charge is 2.25. The summed E-state index contributed by atoms with van der Waals surface area (Å²) in [4.78, 5) is 29.2. The molecule has 36 heavy (non-hydrogen) atoms. The Kier molecular flexibility index (Phi) is 8.80. The highest BCUT2D eigenvalue weighted by Crippen LogP contribution is 2.25. The maximum absolute atomic E-state index is 14.9. The molecule has 0 aromatic heterocycles. The average molecular weight is 497 g/mol. The van der Waals surface area contributed by atoms with Crippen molar-refractivity contribution in [2.45, 2.75) is 64.3 Å². The lowest BCUT2D eigenvalue weighted by Crippen LogP contribution is -2.45. The number of morpholine rings is 1. The van der Waals surface area contributed by atoms with Crippen molar-refractivity contribution in [2.24, 2.45) is 0 Å². The summed E-state index contributed by atoms with van der Waals surface area (Å²) in [6, 6.07) is 14.1. The molecule has 0 radical (unpaired) electrons. The molecular weight excluding hydrogens is 459 g/mol. The van der Waals surface area contributed by atoms with E-state index in [0.29, 0.717) is 43.9 Å². The van der Waals surface area contributed by atoms with E-state index in [9.17, 15) is 14.0 Å². The Morgan fingerprint density at radius 3 is 2.56 bits per heavy atom. The first-order chi connectivity index (χ1) is 17.4. The van der Waals surface area contributed by atoms with E-state index in [1.807, 2.05) is 60.0 Å². The number of amides is 3.